The lowest BCUT2D eigenvalue weighted by Gasteiger charge is -2.28. The number of nitrogens with one attached hydrogen (secondary N) is 1. The number of anilines is 1. The van der Waals surface area contributed by atoms with E-state index in [1.807, 2.05) is 61.0 Å². The minimum atomic E-state index is -0.512. The van der Waals surface area contributed by atoms with Crippen molar-refractivity contribution in [3.05, 3.63) is 89.2 Å². The number of hydrogen-bond acceptors (Lipinski definition) is 7. The molecular weight excluding hydrogens is 508 g/mol. The van der Waals surface area contributed by atoms with Gasteiger partial charge in [0, 0.05) is 44.0 Å². The molecule has 0 spiro atoms. The summed E-state index contributed by atoms with van der Waals surface area (Å²) in [6.07, 6.45) is 3.46. The van der Waals surface area contributed by atoms with Crippen LogP contribution in [-0.4, -0.2) is 46.6 Å². The van der Waals surface area contributed by atoms with Crippen LogP contribution in [0.1, 0.15) is 33.8 Å². The van der Waals surface area contributed by atoms with Crippen LogP contribution in [0, 0.1) is 6.92 Å². The van der Waals surface area contributed by atoms with Crippen molar-refractivity contribution in [2.75, 3.05) is 31.1 Å². The molecule has 9 heteroatoms. The highest BCUT2D eigenvalue weighted by Crippen LogP contribution is 2.37. The number of amides is 1. The van der Waals surface area contributed by atoms with Crippen LogP contribution in [0.4, 0.5) is 5.82 Å². The molecule has 3 aromatic heterocycles. The number of carbonyl (C=O) groups excluding carboxylic acids is 1. The van der Waals surface area contributed by atoms with Crippen molar-refractivity contribution in [3.63, 3.8) is 0 Å². The van der Waals surface area contributed by atoms with Gasteiger partial charge in [0.15, 0.2) is 0 Å². The van der Waals surface area contributed by atoms with E-state index in [4.69, 9.17) is 15.5 Å². The summed E-state index contributed by atoms with van der Waals surface area (Å²) in [5, 5.41) is 4.18. The van der Waals surface area contributed by atoms with Crippen molar-refractivity contribution in [2.24, 2.45) is 5.73 Å². The van der Waals surface area contributed by atoms with E-state index in [0.717, 1.165) is 70.3 Å². The minimum absolute atomic E-state index is 0.236. The monoisotopic (exact) mass is 538 g/mol. The highest BCUT2D eigenvalue weighted by molar-refractivity contribution is 7.16. The number of thiophene rings is 1. The number of benzene rings is 2. The van der Waals surface area contributed by atoms with Crippen LogP contribution in [0.3, 0.4) is 0 Å². The molecule has 1 aliphatic rings. The van der Waals surface area contributed by atoms with Crippen molar-refractivity contribution >= 4 is 34.1 Å². The first-order valence-corrected chi connectivity index (χ1v) is 13.8. The smallest absolute Gasteiger partial charge is 0.262 e. The van der Waals surface area contributed by atoms with Crippen LogP contribution < -0.4 is 20.7 Å². The van der Waals surface area contributed by atoms with Gasteiger partial charge in [0.25, 0.3) is 5.91 Å². The van der Waals surface area contributed by atoms with Crippen molar-refractivity contribution in [2.45, 2.75) is 20.0 Å². The van der Waals surface area contributed by atoms with Gasteiger partial charge >= 0.3 is 0 Å². The molecule has 8 nitrogen and oxygen atoms in total. The fraction of sp³-hybridized carbons (Fsp3) is 0.233. The van der Waals surface area contributed by atoms with Crippen LogP contribution in [-0.2, 0) is 0 Å². The van der Waals surface area contributed by atoms with Gasteiger partial charge in [-0.2, -0.15) is 0 Å². The predicted octanol–water partition coefficient (Wildman–Crippen LogP) is 5.11. The Morgan fingerprint density at radius 2 is 1.85 bits per heavy atom. The Balaban J connectivity index is 1.27. The van der Waals surface area contributed by atoms with Crippen LogP contribution in [0.2, 0.25) is 0 Å². The molecule has 39 heavy (non-hydrogen) atoms. The van der Waals surface area contributed by atoms with E-state index in [1.54, 1.807) is 6.33 Å². The van der Waals surface area contributed by atoms with Crippen molar-refractivity contribution in [3.8, 4) is 21.9 Å². The van der Waals surface area contributed by atoms with E-state index in [1.165, 1.54) is 11.3 Å². The lowest BCUT2D eigenvalue weighted by Crippen LogP contribution is -2.43. The number of piperazine rings is 1. The number of fused-ring (bicyclic) bond motifs is 1. The summed E-state index contributed by atoms with van der Waals surface area (Å²) in [5.74, 6) is 0.970. The van der Waals surface area contributed by atoms with E-state index in [0.29, 0.717) is 10.6 Å². The van der Waals surface area contributed by atoms with Crippen LogP contribution in [0.5, 0.6) is 5.75 Å². The lowest BCUT2D eigenvalue weighted by atomic mass is 10.0. The first-order chi connectivity index (χ1) is 19.0. The highest BCUT2D eigenvalue weighted by Gasteiger charge is 2.21. The number of primary amides is 1. The number of nitrogens with two attached hydrogens (primary N) is 1. The van der Waals surface area contributed by atoms with Gasteiger partial charge in [0.05, 0.1) is 11.0 Å². The maximum atomic E-state index is 12.3. The summed E-state index contributed by atoms with van der Waals surface area (Å²) in [7, 11) is 0. The number of ether oxygens (including phenoxy) is 1. The zero-order valence-electron chi connectivity index (χ0n) is 21.9. The molecule has 4 heterocycles. The fourth-order valence-corrected chi connectivity index (χ4v) is 5.97. The topological polar surface area (TPSA) is 98.3 Å². The standard InChI is InChI=1S/C30H30N6O2S/c1-19-5-3-4-6-23(19)20(2)38-26-16-28(39-29(26)30(31)37)36-18-34-24-15-21(7-9-25(24)36)22-8-10-27(33-17-22)35-13-11-32-12-14-35/h3-10,15-18,20,32H,11-14H2,1-2H3,(H2,31,37). The highest BCUT2D eigenvalue weighted by atomic mass is 32.1. The quantitative estimate of drug-likeness (QED) is 0.299. The van der Waals surface area contributed by atoms with Gasteiger partial charge in [0.1, 0.15) is 33.9 Å². The number of aromatic nitrogens is 3. The third-order valence-corrected chi connectivity index (χ3v) is 8.28. The second-order valence-electron chi connectivity index (χ2n) is 9.72. The number of carbonyl (C=O) groups is 1. The number of hydrogen-bond donors (Lipinski definition) is 2. The van der Waals surface area contributed by atoms with E-state index in [-0.39, 0.29) is 6.10 Å². The van der Waals surface area contributed by atoms with Crippen molar-refractivity contribution in [1.29, 1.82) is 0 Å². The molecule has 1 unspecified atom stereocenters. The molecule has 198 valence electrons. The number of pyridine rings is 1. The molecule has 1 fully saturated rings. The van der Waals surface area contributed by atoms with Gasteiger partial charge in [0.2, 0.25) is 0 Å². The average molecular weight is 539 g/mol. The maximum absolute atomic E-state index is 12.3. The maximum Gasteiger partial charge on any atom is 0.262 e. The molecule has 0 aliphatic carbocycles. The SMILES string of the molecule is Cc1ccccc1C(C)Oc1cc(-n2cnc3cc(-c4ccc(N5CCNCC5)nc4)ccc32)sc1C(N)=O. The summed E-state index contributed by atoms with van der Waals surface area (Å²) >= 11 is 1.30. The molecule has 0 bridgehead atoms. The molecule has 6 rings (SSSR count). The molecule has 0 saturated carbocycles. The zero-order valence-corrected chi connectivity index (χ0v) is 22.7. The third kappa shape index (κ3) is 4.98. The summed E-state index contributed by atoms with van der Waals surface area (Å²) < 4.78 is 8.22. The Morgan fingerprint density at radius 1 is 1.05 bits per heavy atom. The molecule has 1 saturated heterocycles. The Labute approximate surface area is 231 Å². The second-order valence-corrected chi connectivity index (χ2v) is 10.7. The van der Waals surface area contributed by atoms with E-state index in [2.05, 4.69) is 39.5 Å². The number of nitrogens with zero attached hydrogens (tertiary/aromatic N) is 4. The van der Waals surface area contributed by atoms with Crippen LogP contribution >= 0.6 is 11.3 Å². The van der Waals surface area contributed by atoms with Gasteiger partial charge in [-0.3, -0.25) is 9.36 Å². The zero-order chi connectivity index (χ0) is 26.9. The van der Waals surface area contributed by atoms with Gasteiger partial charge in [-0.1, -0.05) is 30.3 Å². The number of aryl methyl sites for hydroxylation is 1. The molecule has 1 amide bonds. The Kier molecular flexibility index (Phi) is 6.76. The second kappa shape index (κ2) is 10.5. The Morgan fingerprint density at radius 3 is 2.59 bits per heavy atom. The van der Waals surface area contributed by atoms with Crippen molar-refractivity contribution < 1.29 is 9.53 Å². The first kappa shape index (κ1) is 25.1. The van der Waals surface area contributed by atoms with Gasteiger partial charge in [-0.05, 0) is 54.8 Å². The average Bonchev–Trinajstić information content (AvgIpc) is 3.57. The van der Waals surface area contributed by atoms with Gasteiger partial charge < -0.3 is 20.7 Å². The summed E-state index contributed by atoms with van der Waals surface area (Å²) in [6, 6.07) is 20.3. The third-order valence-electron chi connectivity index (χ3n) is 7.15. The first-order valence-electron chi connectivity index (χ1n) is 13.0. The summed E-state index contributed by atoms with van der Waals surface area (Å²) in [6.45, 7) is 7.91. The van der Waals surface area contributed by atoms with E-state index in [9.17, 15) is 4.79 Å². The fourth-order valence-electron chi connectivity index (χ4n) is 5.04. The van der Waals surface area contributed by atoms with Gasteiger partial charge in [-0.15, -0.1) is 11.3 Å². The normalized spacial score (nSPS) is 14.5. The Bertz CT molecular complexity index is 1640. The summed E-state index contributed by atoms with van der Waals surface area (Å²) in [5.41, 5.74) is 11.8. The molecule has 1 atom stereocenters. The largest absolute Gasteiger partial charge is 0.484 e. The van der Waals surface area contributed by atoms with E-state index >= 15 is 0 Å². The lowest BCUT2D eigenvalue weighted by molar-refractivity contribution is 0.0998. The van der Waals surface area contributed by atoms with Gasteiger partial charge in [-0.25, -0.2) is 9.97 Å². The molecular formula is C30H30N6O2S. The van der Waals surface area contributed by atoms with Crippen LogP contribution in [0.15, 0.2) is 73.2 Å². The molecule has 5 aromatic rings. The Hall–Kier alpha value is -4.21. The number of rotatable bonds is 7. The number of imidazole rings is 1. The van der Waals surface area contributed by atoms with Crippen molar-refractivity contribution in [1.82, 2.24) is 19.9 Å². The van der Waals surface area contributed by atoms with E-state index < -0.39 is 5.91 Å². The molecule has 0 radical (unpaired) electrons. The summed E-state index contributed by atoms with van der Waals surface area (Å²) in [4.78, 5) is 24.3. The minimum Gasteiger partial charge on any atom is -0.484 e. The molecule has 1 aliphatic heterocycles. The van der Waals surface area contributed by atoms with Crippen LogP contribution in [0.25, 0.3) is 27.2 Å². The molecule has 3 N–H and O–H groups in total. The predicted molar refractivity (Wildman–Crippen MR) is 156 cm³/mol. The molecule has 2 aromatic carbocycles.